The maximum absolute atomic E-state index is 12.5. The number of carbonyl (C=O) groups is 1. The Kier molecular flexibility index (Phi) is 6.62. The van der Waals surface area contributed by atoms with E-state index in [0.29, 0.717) is 13.2 Å². The lowest BCUT2D eigenvalue weighted by molar-refractivity contribution is -0.135. The van der Waals surface area contributed by atoms with Crippen LogP contribution in [-0.2, 0) is 20.4 Å². The molecule has 6 heteroatoms. The van der Waals surface area contributed by atoms with Gasteiger partial charge in [0.15, 0.2) is 0 Å². The summed E-state index contributed by atoms with van der Waals surface area (Å²) in [5.74, 6) is 1.03. The summed E-state index contributed by atoms with van der Waals surface area (Å²) in [6.45, 7) is 13.2. The highest BCUT2D eigenvalue weighted by Crippen LogP contribution is 2.46. The molecule has 0 radical (unpaired) electrons. The second-order valence-corrected chi connectivity index (χ2v) is 11.7. The molecule has 2 N–H and O–H groups in total. The van der Waals surface area contributed by atoms with Crippen molar-refractivity contribution in [3.05, 3.63) is 47.5 Å². The smallest absolute Gasteiger partial charge is 0.250 e. The molecular weight excluding hydrogens is 436 g/mol. The molecule has 1 aromatic carbocycles. The fourth-order valence-corrected chi connectivity index (χ4v) is 5.79. The van der Waals surface area contributed by atoms with E-state index in [4.69, 9.17) is 9.72 Å². The maximum atomic E-state index is 12.5. The van der Waals surface area contributed by atoms with E-state index in [2.05, 4.69) is 79.6 Å². The SMILES string of the molecule is CC1(C)CCC(C)(C)c2cc(-c3cccc(N4CCC(NC(=O)C5CNCCO5)CC4)n3)ccc21. The molecule has 3 aliphatic rings. The zero-order chi connectivity index (χ0) is 24.6. The fraction of sp³-hybridized carbons (Fsp3) is 0.586. The van der Waals surface area contributed by atoms with Gasteiger partial charge in [-0.1, -0.05) is 45.9 Å². The van der Waals surface area contributed by atoms with E-state index in [1.165, 1.54) is 29.5 Å². The summed E-state index contributed by atoms with van der Waals surface area (Å²) in [4.78, 5) is 19.9. The lowest BCUT2D eigenvalue weighted by atomic mass is 9.63. The van der Waals surface area contributed by atoms with Crippen molar-refractivity contribution < 1.29 is 9.53 Å². The first-order chi connectivity index (χ1) is 16.7. The standard InChI is InChI=1S/C29H40N4O2/c1-28(2)12-13-29(3,4)23-18-20(8-9-22(23)28)24-6-5-7-26(32-24)33-15-10-21(11-16-33)31-27(34)25-19-30-14-17-35-25/h5-9,18,21,25,30H,10-17,19H2,1-4H3,(H,31,34). The van der Waals surface area contributed by atoms with Crippen LogP contribution < -0.4 is 15.5 Å². The summed E-state index contributed by atoms with van der Waals surface area (Å²) in [5.41, 5.74) is 5.57. The van der Waals surface area contributed by atoms with Gasteiger partial charge in [0, 0.05) is 37.8 Å². The van der Waals surface area contributed by atoms with E-state index in [1.54, 1.807) is 0 Å². The predicted octanol–water partition coefficient (Wildman–Crippen LogP) is 4.17. The lowest BCUT2D eigenvalue weighted by Gasteiger charge is -2.42. The van der Waals surface area contributed by atoms with Gasteiger partial charge in [-0.2, -0.15) is 0 Å². The highest BCUT2D eigenvalue weighted by molar-refractivity contribution is 5.81. The van der Waals surface area contributed by atoms with Gasteiger partial charge in [0.2, 0.25) is 0 Å². The molecule has 0 bridgehead atoms. The van der Waals surface area contributed by atoms with Crippen LogP contribution in [0, 0.1) is 0 Å². The number of hydrogen-bond acceptors (Lipinski definition) is 5. The highest BCUT2D eigenvalue weighted by atomic mass is 16.5. The van der Waals surface area contributed by atoms with Crippen molar-refractivity contribution >= 4 is 11.7 Å². The van der Waals surface area contributed by atoms with Crippen molar-refractivity contribution in [1.29, 1.82) is 0 Å². The van der Waals surface area contributed by atoms with E-state index < -0.39 is 0 Å². The van der Waals surface area contributed by atoms with Crippen molar-refractivity contribution in [2.24, 2.45) is 0 Å². The van der Waals surface area contributed by atoms with Gasteiger partial charge in [0.1, 0.15) is 11.9 Å². The normalized spacial score (nSPS) is 24.0. The second-order valence-electron chi connectivity index (χ2n) is 11.7. The molecule has 6 nitrogen and oxygen atoms in total. The number of pyridine rings is 1. The highest BCUT2D eigenvalue weighted by Gasteiger charge is 2.37. The fourth-order valence-electron chi connectivity index (χ4n) is 5.79. The lowest BCUT2D eigenvalue weighted by Crippen LogP contribution is -2.52. The van der Waals surface area contributed by atoms with Gasteiger partial charge in [0.05, 0.1) is 12.3 Å². The molecule has 1 aliphatic carbocycles. The molecule has 5 rings (SSSR count). The average Bonchev–Trinajstić information content (AvgIpc) is 2.88. The predicted molar refractivity (Wildman–Crippen MR) is 141 cm³/mol. The van der Waals surface area contributed by atoms with Crippen LogP contribution in [0.4, 0.5) is 5.82 Å². The number of morpholine rings is 1. The molecule has 2 aliphatic heterocycles. The van der Waals surface area contributed by atoms with Gasteiger partial charge in [-0.3, -0.25) is 4.79 Å². The van der Waals surface area contributed by atoms with Crippen molar-refractivity contribution in [3.63, 3.8) is 0 Å². The van der Waals surface area contributed by atoms with Crippen LogP contribution in [0.15, 0.2) is 36.4 Å². The Morgan fingerprint density at radius 2 is 1.80 bits per heavy atom. The minimum Gasteiger partial charge on any atom is -0.366 e. The number of aromatic nitrogens is 1. The number of hydrogen-bond donors (Lipinski definition) is 2. The first-order valence-corrected chi connectivity index (χ1v) is 13.2. The van der Waals surface area contributed by atoms with Gasteiger partial charge in [-0.25, -0.2) is 4.98 Å². The molecule has 1 amide bonds. The Morgan fingerprint density at radius 1 is 1.06 bits per heavy atom. The van der Waals surface area contributed by atoms with E-state index >= 15 is 0 Å². The Bertz CT molecular complexity index is 1070. The van der Waals surface area contributed by atoms with Gasteiger partial charge >= 0.3 is 0 Å². The molecule has 188 valence electrons. The third kappa shape index (κ3) is 5.10. The minimum absolute atomic E-state index is 0.00860. The minimum atomic E-state index is -0.368. The molecule has 1 unspecified atom stereocenters. The average molecular weight is 477 g/mol. The van der Waals surface area contributed by atoms with Gasteiger partial charge in [0.25, 0.3) is 5.91 Å². The molecule has 35 heavy (non-hydrogen) atoms. The number of anilines is 1. The topological polar surface area (TPSA) is 66.5 Å². The number of rotatable bonds is 4. The van der Waals surface area contributed by atoms with Crippen LogP contribution in [0.3, 0.4) is 0 Å². The van der Waals surface area contributed by atoms with Crippen LogP contribution in [-0.4, -0.2) is 55.8 Å². The number of benzene rings is 1. The monoisotopic (exact) mass is 476 g/mol. The number of amides is 1. The van der Waals surface area contributed by atoms with Crippen LogP contribution in [0.1, 0.15) is 64.5 Å². The third-order valence-corrected chi connectivity index (χ3v) is 8.27. The number of nitrogens with zero attached hydrogens (tertiary/aromatic N) is 2. The Hall–Kier alpha value is -2.44. The molecule has 2 saturated heterocycles. The van der Waals surface area contributed by atoms with Crippen molar-refractivity contribution in [2.75, 3.05) is 37.7 Å². The van der Waals surface area contributed by atoms with E-state index in [0.717, 1.165) is 44.0 Å². The number of carbonyl (C=O) groups excluding carboxylic acids is 1. The molecule has 0 spiro atoms. The summed E-state index contributed by atoms with van der Waals surface area (Å²) in [6.07, 6.45) is 3.90. The van der Waals surface area contributed by atoms with Gasteiger partial charge in [-0.15, -0.1) is 0 Å². The quantitative estimate of drug-likeness (QED) is 0.693. The zero-order valence-corrected chi connectivity index (χ0v) is 21.7. The molecule has 2 fully saturated rings. The summed E-state index contributed by atoms with van der Waals surface area (Å²) >= 11 is 0. The van der Waals surface area contributed by atoms with Crippen molar-refractivity contribution in [2.45, 2.75) is 76.4 Å². The molecule has 1 atom stereocenters. The first kappa shape index (κ1) is 24.3. The summed E-state index contributed by atoms with van der Waals surface area (Å²) < 4.78 is 5.59. The third-order valence-electron chi connectivity index (χ3n) is 8.27. The molecule has 1 aromatic heterocycles. The Labute approximate surface area is 209 Å². The van der Waals surface area contributed by atoms with Crippen LogP contribution in [0.25, 0.3) is 11.3 Å². The first-order valence-electron chi connectivity index (χ1n) is 13.2. The Morgan fingerprint density at radius 3 is 2.51 bits per heavy atom. The van der Waals surface area contributed by atoms with E-state index in [1.807, 2.05) is 0 Å². The summed E-state index contributed by atoms with van der Waals surface area (Å²) in [6, 6.07) is 13.5. The second kappa shape index (κ2) is 9.55. The zero-order valence-electron chi connectivity index (χ0n) is 21.7. The molecule has 0 saturated carbocycles. The van der Waals surface area contributed by atoms with Crippen LogP contribution >= 0.6 is 0 Å². The summed E-state index contributed by atoms with van der Waals surface area (Å²) in [5, 5.41) is 6.41. The number of fused-ring (bicyclic) bond motifs is 1. The van der Waals surface area contributed by atoms with Gasteiger partial charge < -0.3 is 20.3 Å². The van der Waals surface area contributed by atoms with Crippen molar-refractivity contribution in [1.82, 2.24) is 15.6 Å². The molecule has 2 aromatic rings. The number of ether oxygens (including phenoxy) is 1. The molecular formula is C29H40N4O2. The maximum Gasteiger partial charge on any atom is 0.250 e. The van der Waals surface area contributed by atoms with E-state index in [9.17, 15) is 4.79 Å². The number of nitrogens with one attached hydrogen (secondary N) is 2. The van der Waals surface area contributed by atoms with Crippen LogP contribution in [0.2, 0.25) is 0 Å². The van der Waals surface area contributed by atoms with Crippen molar-refractivity contribution in [3.8, 4) is 11.3 Å². The number of piperidine rings is 1. The molecule has 3 heterocycles. The van der Waals surface area contributed by atoms with Crippen LogP contribution in [0.5, 0.6) is 0 Å². The van der Waals surface area contributed by atoms with E-state index in [-0.39, 0.29) is 28.9 Å². The Balaban J connectivity index is 1.27. The van der Waals surface area contributed by atoms with Gasteiger partial charge in [-0.05, 0) is 65.8 Å². The largest absolute Gasteiger partial charge is 0.366 e. The summed E-state index contributed by atoms with van der Waals surface area (Å²) in [7, 11) is 0.